The standard InChI is InChI=1S/C29H40Br.Li/c1-3-5-7-9-11-15-21-29(22-16-12-10-8-6-4-2)27-18-14-13-17-25(27)26-20-19-24(30)23-28(26)29;/h13,17-20,23H,3-12,15-16,21-22H2,1-2H3;/q-1;+1. The van der Waals surface area contributed by atoms with Crippen molar-refractivity contribution in [2.45, 2.75) is 109 Å². The fourth-order valence-electron chi connectivity index (χ4n) is 5.43. The van der Waals surface area contributed by atoms with E-state index in [-0.39, 0.29) is 24.3 Å². The van der Waals surface area contributed by atoms with Crippen LogP contribution in [0.5, 0.6) is 0 Å². The molecule has 31 heavy (non-hydrogen) atoms. The van der Waals surface area contributed by atoms with Gasteiger partial charge in [0, 0.05) is 4.47 Å². The Labute approximate surface area is 212 Å². The van der Waals surface area contributed by atoms with Gasteiger partial charge in [-0.2, -0.15) is 24.3 Å². The molecule has 0 radical (unpaired) electrons. The molecule has 1 aliphatic rings. The summed E-state index contributed by atoms with van der Waals surface area (Å²) in [4.78, 5) is 0. The molecule has 2 aromatic carbocycles. The van der Waals surface area contributed by atoms with Gasteiger partial charge in [0.1, 0.15) is 0 Å². The van der Waals surface area contributed by atoms with E-state index in [4.69, 9.17) is 0 Å². The molecule has 0 saturated carbocycles. The van der Waals surface area contributed by atoms with E-state index in [0.29, 0.717) is 0 Å². The van der Waals surface area contributed by atoms with Crippen LogP contribution in [0.4, 0.5) is 0 Å². The molecular weight excluding hydrogens is 435 g/mol. The van der Waals surface area contributed by atoms with Gasteiger partial charge in [-0.05, 0) is 28.7 Å². The van der Waals surface area contributed by atoms with Crippen LogP contribution in [0.2, 0.25) is 0 Å². The molecule has 3 rings (SSSR count). The van der Waals surface area contributed by atoms with Crippen LogP contribution < -0.4 is 18.9 Å². The normalized spacial score (nSPS) is 13.5. The van der Waals surface area contributed by atoms with Gasteiger partial charge in [-0.3, -0.25) is 0 Å². The first kappa shape index (κ1) is 26.8. The Bertz CT molecular complexity index is 766. The average Bonchev–Trinajstić information content (AvgIpc) is 3.03. The van der Waals surface area contributed by atoms with Gasteiger partial charge >= 0.3 is 18.9 Å². The minimum absolute atomic E-state index is 0. The Kier molecular flexibility index (Phi) is 12.0. The molecule has 0 unspecified atom stereocenters. The van der Waals surface area contributed by atoms with Crippen molar-refractivity contribution in [1.82, 2.24) is 0 Å². The van der Waals surface area contributed by atoms with Crippen LogP contribution >= 0.6 is 15.9 Å². The molecule has 0 aromatic heterocycles. The number of rotatable bonds is 14. The van der Waals surface area contributed by atoms with E-state index in [1.807, 2.05) is 0 Å². The minimum Gasteiger partial charge on any atom is -0.183 e. The smallest absolute Gasteiger partial charge is 0.183 e. The number of halogens is 1. The largest absolute Gasteiger partial charge is 1.00 e. The van der Waals surface area contributed by atoms with E-state index in [9.17, 15) is 0 Å². The molecule has 1 aliphatic carbocycles. The maximum Gasteiger partial charge on any atom is 1.00 e. The third-order valence-corrected chi connectivity index (χ3v) is 7.57. The Morgan fingerprint density at radius 3 is 1.87 bits per heavy atom. The van der Waals surface area contributed by atoms with Crippen LogP contribution in [-0.2, 0) is 5.41 Å². The first-order chi connectivity index (χ1) is 14.7. The van der Waals surface area contributed by atoms with Gasteiger partial charge in [-0.1, -0.05) is 126 Å². The second-order valence-electron chi connectivity index (χ2n) is 9.28. The Hall–Kier alpha value is -0.483. The molecule has 0 fully saturated rings. The fourth-order valence-corrected chi connectivity index (χ4v) is 5.79. The summed E-state index contributed by atoms with van der Waals surface area (Å²) in [5, 5.41) is 0. The van der Waals surface area contributed by atoms with Gasteiger partial charge in [0.05, 0.1) is 0 Å². The zero-order valence-corrected chi connectivity index (χ0v) is 21.8. The topological polar surface area (TPSA) is 0 Å². The van der Waals surface area contributed by atoms with Gasteiger partial charge in [-0.25, -0.2) is 0 Å². The number of benzene rings is 2. The van der Waals surface area contributed by atoms with Crippen LogP contribution in [0, 0.1) is 6.07 Å². The minimum atomic E-state index is 0. The SMILES string of the molecule is CCCCCCCCC1(CCCCCCCC)c2c[c-]ccc2-c2ccc(Br)cc21.[Li+]. The van der Waals surface area contributed by atoms with Crippen LogP contribution in [-0.4, -0.2) is 0 Å². The third-order valence-electron chi connectivity index (χ3n) is 7.08. The van der Waals surface area contributed by atoms with E-state index in [1.165, 1.54) is 105 Å². The molecule has 0 saturated heterocycles. The summed E-state index contributed by atoms with van der Waals surface area (Å²) in [6.07, 6.45) is 19.0. The van der Waals surface area contributed by atoms with Crippen molar-refractivity contribution in [3.8, 4) is 11.1 Å². The molecule has 2 aromatic rings. The summed E-state index contributed by atoms with van der Waals surface area (Å²) in [7, 11) is 0. The van der Waals surface area contributed by atoms with E-state index >= 15 is 0 Å². The first-order valence-electron chi connectivity index (χ1n) is 12.5. The van der Waals surface area contributed by atoms with Crippen molar-refractivity contribution in [3.63, 3.8) is 0 Å². The van der Waals surface area contributed by atoms with Crippen molar-refractivity contribution >= 4 is 15.9 Å². The zero-order chi connectivity index (χ0) is 21.2. The van der Waals surface area contributed by atoms with Crippen molar-refractivity contribution in [1.29, 1.82) is 0 Å². The van der Waals surface area contributed by atoms with Crippen LogP contribution in [0.25, 0.3) is 11.1 Å². The summed E-state index contributed by atoms with van der Waals surface area (Å²) >= 11 is 3.77. The van der Waals surface area contributed by atoms with Crippen LogP contribution in [0.15, 0.2) is 40.9 Å². The molecule has 0 amide bonds. The fraction of sp³-hybridized carbons (Fsp3) is 0.586. The molecule has 0 spiro atoms. The quantitative estimate of drug-likeness (QED) is 0.156. The van der Waals surface area contributed by atoms with Gasteiger partial charge < -0.3 is 0 Å². The number of hydrogen-bond acceptors (Lipinski definition) is 0. The molecule has 164 valence electrons. The zero-order valence-electron chi connectivity index (χ0n) is 20.2. The summed E-state index contributed by atoms with van der Waals surface area (Å²) in [5.74, 6) is 0. The summed E-state index contributed by atoms with van der Waals surface area (Å²) in [6.45, 7) is 4.60. The van der Waals surface area contributed by atoms with Crippen LogP contribution in [0.3, 0.4) is 0 Å². The molecule has 0 bridgehead atoms. The number of fused-ring (bicyclic) bond motifs is 3. The maximum absolute atomic E-state index is 3.77. The average molecular weight is 475 g/mol. The summed E-state index contributed by atoms with van der Waals surface area (Å²) in [5.41, 5.74) is 6.20. The summed E-state index contributed by atoms with van der Waals surface area (Å²) < 4.78 is 1.22. The van der Waals surface area contributed by atoms with E-state index in [0.717, 1.165) is 0 Å². The molecule has 2 heteroatoms. The van der Waals surface area contributed by atoms with Gasteiger partial charge in [0.15, 0.2) is 0 Å². The molecular formula is C29H40BrLi. The second-order valence-corrected chi connectivity index (χ2v) is 10.2. The first-order valence-corrected chi connectivity index (χ1v) is 13.3. The van der Waals surface area contributed by atoms with Gasteiger partial charge in [0.25, 0.3) is 0 Å². The van der Waals surface area contributed by atoms with Gasteiger partial charge in [0.2, 0.25) is 0 Å². The predicted octanol–water partition coefficient (Wildman–Crippen LogP) is 7.02. The van der Waals surface area contributed by atoms with E-state index in [1.54, 1.807) is 11.1 Å². The van der Waals surface area contributed by atoms with E-state index < -0.39 is 0 Å². The van der Waals surface area contributed by atoms with Gasteiger partial charge in [-0.15, -0.1) is 11.1 Å². The third kappa shape index (κ3) is 6.76. The molecule has 0 atom stereocenters. The Balaban J connectivity index is 0.00000341. The number of hydrogen-bond donors (Lipinski definition) is 0. The maximum atomic E-state index is 3.77. The Morgan fingerprint density at radius 1 is 0.710 bits per heavy atom. The predicted molar refractivity (Wildman–Crippen MR) is 135 cm³/mol. The molecule has 0 N–H and O–H groups in total. The molecule has 0 aliphatic heterocycles. The van der Waals surface area contributed by atoms with Crippen molar-refractivity contribution in [2.75, 3.05) is 0 Å². The van der Waals surface area contributed by atoms with E-state index in [2.05, 4.69) is 72.2 Å². The number of unbranched alkanes of at least 4 members (excludes halogenated alkanes) is 10. The van der Waals surface area contributed by atoms with Crippen molar-refractivity contribution in [3.05, 3.63) is 58.1 Å². The Morgan fingerprint density at radius 2 is 1.26 bits per heavy atom. The van der Waals surface area contributed by atoms with Crippen LogP contribution in [0.1, 0.15) is 115 Å². The van der Waals surface area contributed by atoms with Crippen molar-refractivity contribution in [2.24, 2.45) is 0 Å². The molecule has 0 heterocycles. The molecule has 0 nitrogen and oxygen atoms in total. The van der Waals surface area contributed by atoms with Crippen molar-refractivity contribution < 1.29 is 18.9 Å². The monoisotopic (exact) mass is 474 g/mol. The second kappa shape index (κ2) is 13.9. The summed E-state index contributed by atoms with van der Waals surface area (Å²) in [6, 6.07) is 17.1.